The maximum Gasteiger partial charge on any atom is 0.224 e. The van der Waals surface area contributed by atoms with Crippen LogP contribution in [0.3, 0.4) is 0 Å². The predicted octanol–water partition coefficient (Wildman–Crippen LogP) is 1.90. The van der Waals surface area contributed by atoms with Crippen LogP contribution < -0.4 is 10.1 Å². The summed E-state index contributed by atoms with van der Waals surface area (Å²) < 4.78 is 18.1. The molecule has 16 heavy (non-hydrogen) atoms. The van der Waals surface area contributed by atoms with Gasteiger partial charge in [0.2, 0.25) is 5.91 Å². The highest BCUT2D eigenvalue weighted by atomic mass is 19.1. The zero-order valence-corrected chi connectivity index (χ0v) is 9.71. The summed E-state index contributed by atoms with van der Waals surface area (Å²) in [5, 5.41) is 2.75. The van der Waals surface area contributed by atoms with Crippen molar-refractivity contribution in [2.45, 2.75) is 26.3 Å². The number of methoxy groups -OCH3 is 1. The number of hydrogen-bond acceptors (Lipinski definition) is 2. The SMILES string of the molecule is COc1ccc(CC(=O)NC(C)C)cc1F. The minimum absolute atomic E-state index is 0.0931. The Morgan fingerprint density at radius 1 is 1.50 bits per heavy atom. The van der Waals surface area contributed by atoms with E-state index in [4.69, 9.17) is 4.74 Å². The number of ether oxygens (including phenoxy) is 1. The number of amides is 1. The molecule has 3 nitrogen and oxygen atoms in total. The maximum atomic E-state index is 13.3. The van der Waals surface area contributed by atoms with Crippen molar-refractivity contribution in [2.24, 2.45) is 0 Å². The van der Waals surface area contributed by atoms with Gasteiger partial charge in [0.15, 0.2) is 11.6 Å². The van der Waals surface area contributed by atoms with Crippen LogP contribution in [0.5, 0.6) is 5.75 Å². The lowest BCUT2D eigenvalue weighted by Crippen LogP contribution is -2.31. The molecule has 1 aromatic rings. The Morgan fingerprint density at radius 2 is 2.19 bits per heavy atom. The van der Waals surface area contributed by atoms with Gasteiger partial charge in [-0.05, 0) is 31.5 Å². The standard InChI is InChI=1S/C12H16FNO2/c1-8(2)14-12(15)7-9-4-5-11(16-3)10(13)6-9/h4-6,8H,7H2,1-3H3,(H,14,15). The van der Waals surface area contributed by atoms with Gasteiger partial charge >= 0.3 is 0 Å². The molecule has 88 valence electrons. The monoisotopic (exact) mass is 225 g/mol. The van der Waals surface area contributed by atoms with Crippen LogP contribution in [0.25, 0.3) is 0 Å². The van der Waals surface area contributed by atoms with Crippen LogP contribution in [0.4, 0.5) is 4.39 Å². The lowest BCUT2D eigenvalue weighted by Gasteiger charge is -2.09. The second kappa shape index (κ2) is 5.49. The summed E-state index contributed by atoms with van der Waals surface area (Å²) in [5.74, 6) is -0.370. The van der Waals surface area contributed by atoms with E-state index in [1.54, 1.807) is 6.07 Å². The first-order valence-electron chi connectivity index (χ1n) is 5.14. The molecule has 0 saturated heterocycles. The Bertz CT molecular complexity index is 377. The van der Waals surface area contributed by atoms with E-state index in [0.717, 1.165) is 0 Å². The largest absolute Gasteiger partial charge is 0.494 e. The molecular formula is C12H16FNO2. The molecule has 1 N–H and O–H groups in total. The van der Waals surface area contributed by atoms with Gasteiger partial charge in [-0.1, -0.05) is 6.07 Å². The highest BCUT2D eigenvalue weighted by molar-refractivity contribution is 5.78. The first-order valence-corrected chi connectivity index (χ1v) is 5.14. The molecule has 0 fully saturated rings. The molecule has 4 heteroatoms. The average Bonchev–Trinajstić information content (AvgIpc) is 2.16. The summed E-state index contributed by atoms with van der Waals surface area (Å²) in [6, 6.07) is 4.61. The zero-order valence-electron chi connectivity index (χ0n) is 9.71. The number of nitrogens with one attached hydrogen (secondary N) is 1. The van der Waals surface area contributed by atoms with E-state index in [9.17, 15) is 9.18 Å². The van der Waals surface area contributed by atoms with Crippen LogP contribution in [0.2, 0.25) is 0 Å². The van der Waals surface area contributed by atoms with Crippen LogP contribution >= 0.6 is 0 Å². The fraction of sp³-hybridized carbons (Fsp3) is 0.417. The van der Waals surface area contributed by atoms with Gasteiger partial charge in [0, 0.05) is 6.04 Å². The second-order valence-electron chi connectivity index (χ2n) is 3.87. The van der Waals surface area contributed by atoms with Gasteiger partial charge in [-0.3, -0.25) is 4.79 Å². The van der Waals surface area contributed by atoms with E-state index in [0.29, 0.717) is 5.56 Å². The summed E-state index contributed by atoms with van der Waals surface area (Å²) in [7, 11) is 1.41. The minimum atomic E-state index is -0.447. The van der Waals surface area contributed by atoms with E-state index >= 15 is 0 Å². The second-order valence-corrected chi connectivity index (χ2v) is 3.87. The van der Waals surface area contributed by atoms with Crippen molar-refractivity contribution in [2.75, 3.05) is 7.11 Å². The van der Waals surface area contributed by atoms with Crippen LogP contribution in [0, 0.1) is 5.82 Å². The van der Waals surface area contributed by atoms with E-state index in [-0.39, 0.29) is 24.1 Å². The Morgan fingerprint density at radius 3 is 2.69 bits per heavy atom. The molecular weight excluding hydrogens is 209 g/mol. The van der Waals surface area contributed by atoms with Crippen LogP contribution in [-0.4, -0.2) is 19.1 Å². The van der Waals surface area contributed by atoms with Crippen molar-refractivity contribution in [3.8, 4) is 5.75 Å². The number of benzene rings is 1. The topological polar surface area (TPSA) is 38.3 Å². The van der Waals surface area contributed by atoms with Crippen molar-refractivity contribution < 1.29 is 13.9 Å². The van der Waals surface area contributed by atoms with Gasteiger partial charge in [-0.25, -0.2) is 4.39 Å². The van der Waals surface area contributed by atoms with E-state index < -0.39 is 5.82 Å². The van der Waals surface area contributed by atoms with Gasteiger partial charge < -0.3 is 10.1 Å². The first kappa shape index (κ1) is 12.5. The van der Waals surface area contributed by atoms with E-state index in [1.165, 1.54) is 19.2 Å². The fourth-order valence-corrected chi connectivity index (χ4v) is 1.38. The molecule has 1 aromatic carbocycles. The normalized spacial score (nSPS) is 10.3. The first-order chi connectivity index (χ1) is 7.52. The molecule has 0 saturated carbocycles. The van der Waals surface area contributed by atoms with Crippen molar-refractivity contribution in [3.63, 3.8) is 0 Å². The number of hydrogen-bond donors (Lipinski definition) is 1. The molecule has 1 amide bonds. The summed E-state index contributed by atoms with van der Waals surface area (Å²) >= 11 is 0. The lowest BCUT2D eigenvalue weighted by molar-refractivity contribution is -0.120. The smallest absolute Gasteiger partial charge is 0.224 e. The number of halogens is 1. The molecule has 0 spiro atoms. The molecule has 0 unspecified atom stereocenters. The summed E-state index contributed by atoms with van der Waals surface area (Å²) in [6.07, 6.45) is 0.180. The third-order valence-corrected chi connectivity index (χ3v) is 2.03. The molecule has 0 aliphatic carbocycles. The lowest BCUT2D eigenvalue weighted by atomic mass is 10.1. The number of rotatable bonds is 4. The Balaban J connectivity index is 2.68. The van der Waals surface area contributed by atoms with E-state index in [1.807, 2.05) is 13.8 Å². The highest BCUT2D eigenvalue weighted by Gasteiger charge is 2.08. The van der Waals surface area contributed by atoms with Gasteiger partial charge in [0.05, 0.1) is 13.5 Å². The summed E-state index contributed by atoms with van der Waals surface area (Å²) in [6.45, 7) is 3.76. The molecule has 0 radical (unpaired) electrons. The van der Waals surface area contributed by atoms with Gasteiger partial charge in [-0.2, -0.15) is 0 Å². The van der Waals surface area contributed by atoms with E-state index in [2.05, 4.69) is 5.32 Å². The van der Waals surface area contributed by atoms with Gasteiger partial charge in [-0.15, -0.1) is 0 Å². The van der Waals surface area contributed by atoms with Crippen LogP contribution in [-0.2, 0) is 11.2 Å². The Hall–Kier alpha value is -1.58. The summed E-state index contributed by atoms with van der Waals surface area (Å²) in [5.41, 5.74) is 0.636. The fourth-order valence-electron chi connectivity index (χ4n) is 1.38. The molecule has 0 aromatic heterocycles. The number of carbonyl (C=O) groups excluding carboxylic acids is 1. The third-order valence-electron chi connectivity index (χ3n) is 2.03. The molecule has 0 aliphatic heterocycles. The quantitative estimate of drug-likeness (QED) is 0.850. The molecule has 0 heterocycles. The van der Waals surface area contributed by atoms with Gasteiger partial charge in [0.25, 0.3) is 0 Å². The molecule has 0 aliphatic rings. The Labute approximate surface area is 94.6 Å². The van der Waals surface area contributed by atoms with Crippen LogP contribution in [0.1, 0.15) is 19.4 Å². The molecule has 0 bridgehead atoms. The zero-order chi connectivity index (χ0) is 12.1. The van der Waals surface area contributed by atoms with Crippen molar-refractivity contribution in [1.29, 1.82) is 0 Å². The Kier molecular flexibility index (Phi) is 4.28. The maximum absolute atomic E-state index is 13.3. The van der Waals surface area contributed by atoms with Crippen molar-refractivity contribution >= 4 is 5.91 Å². The third kappa shape index (κ3) is 3.53. The van der Waals surface area contributed by atoms with Gasteiger partial charge in [0.1, 0.15) is 0 Å². The van der Waals surface area contributed by atoms with Crippen LogP contribution in [0.15, 0.2) is 18.2 Å². The molecule has 0 atom stereocenters. The predicted molar refractivity (Wildman–Crippen MR) is 59.9 cm³/mol. The average molecular weight is 225 g/mol. The minimum Gasteiger partial charge on any atom is -0.494 e. The number of carbonyl (C=O) groups is 1. The van der Waals surface area contributed by atoms with Crippen molar-refractivity contribution in [3.05, 3.63) is 29.6 Å². The molecule has 1 rings (SSSR count). The highest BCUT2D eigenvalue weighted by Crippen LogP contribution is 2.17. The summed E-state index contributed by atoms with van der Waals surface area (Å²) in [4.78, 5) is 11.4. The van der Waals surface area contributed by atoms with Crippen molar-refractivity contribution in [1.82, 2.24) is 5.32 Å².